The number of hydrogen-bond donors (Lipinski definition) is 1. The van der Waals surface area contributed by atoms with E-state index in [1.807, 2.05) is 13.8 Å². The normalized spacial score (nSPS) is 46.2. The molecule has 1 N–H and O–H groups in total. The number of hydrogen-bond acceptors (Lipinski definition) is 2. The minimum absolute atomic E-state index is 0.0451. The Bertz CT molecular complexity index is 267. The van der Waals surface area contributed by atoms with Crippen LogP contribution < -0.4 is 0 Å². The van der Waals surface area contributed by atoms with Crippen molar-refractivity contribution in [3.63, 3.8) is 0 Å². The second kappa shape index (κ2) is 2.19. The molecule has 0 bridgehead atoms. The first kappa shape index (κ1) is 7.99. The third kappa shape index (κ3) is 0.761. The fourth-order valence-electron chi connectivity index (χ4n) is 2.51. The Morgan fingerprint density at radius 1 is 1.67 bits per heavy atom. The highest BCUT2D eigenvalue weighted by molar-refractivity contribution is 5.86. The van der Waals surface area contributed by atoms with E-state index in [0.29, 0.717) is 6.42 Å². The summed E-state index contributed by atoms with van der Waals surface area (Å²) in [5, 5.41) is 10.2. The van der Waals surface area contributed by atoms with Crippen molar-refractivity contribution in [1.29, 1.82) is 0 Å². The Labute approximate surface area is 72.3 Å². The number of fused-ring (bicyclic) bond motifs is 1. The first-order valence-corrected chi connectivity index (χ1v) is 4.48. The van der Waals surface area contributed by atoms with Crippen molar-refractivity contribution in [2.45, 2.75) is 32.3 Å². The molecule has 0 saturated heterocycles. The zero-order chi connectivity index (χ0) is 8.93. The molecule has 2 heteroatoms. The average molecular weight is 166 g/mol. The lowest BCUT2D eigenvalue weighted by Crippen LogP contribution is -2.31. The van der Waals surface area contributed by atoms with Gasteiger partial charge in [0.2, 0.25) is 0 Å². The zero-order valence-corrected chi connectivity index (χ0v) is 7.50. The van der Waals surface area contributed by atoms with Crippen LogP contribution in [0, 0.1) is 11.8 Å². The smallest absolute Gasteiger partial charge is 0.139 e. The molecular formula is C10H14O2. The molecule has 2 aliphatic rings. The zero-order valence-electron chi connectivity index (χ0n) is 7.50. The summed E-state index contributed by atoms with van der Waals surface area (Å²) in [6.45, 7) is 3.85. The monoisotopic (exact) mass is 166 g/mol. The van der Waals surface area contributed by atoms with Gasteiger partial charge in [-0.05, 0) is 18.9 Å². The van der Waals surface area contributed by atoms with Gasteiger partial charge in [0.1, 0.15) is 5.78 Å². The highest BCUT2D eigenvalue weighted by Crippen LogP contribution is 2.48. The van der Waals surface area contributed by atoms with Crippen LogP contribution in [0.3, 0.4) is 0 Å². The van der Waals surface area contributed by atoms with E-state index in [4.69, 9.17) is 0 Å². The minimum Gasteiger partial charge on any atom is -0.385 e. The highest BCUT2D eigenvalue weighted by Gasteiger charge is 2.53. The van der Waals surface area contributed by atoms with Gasteiger partial charge in [-0.25, -0.2) is 0 Å². The maximum absolute atomic E-state index is 11.4. The van der Waals surface area contributed by atoms with Crippen molar-refractivity contribution in [1.82, 2.24) is 0 Å². The van der Waals surface area contributed by atoms with Crippen molar-refractivity contribution >= 4 is 5.78 Å². The lowest BCUT2D eigenvalue weighted by Gasteiger charge is -2.25. The summed E-state index contributed by atoms with van der Waals surface area (Å²) in [6, 6.07) is 0. The molecule has 12 heavy (non-hydrogen) atoms. The highest BCUT2D eigenvalue weighted by atomic mass is 16.3. The van der Waals surface area contributed by atoms with Crippen LogP contribution in [0.15, 0.2) is 11.6 Å². The van der Waals surface area contributed by atoms with Crippen LogP contribution in [0.25, 0.3) is 0 Å². The van der Waals surface area contributed by atoms with E-state index in [1.165, 1.54) is 0 Å². The van der Waals surface area contributed by atoms with Gasteiger partial charge < -0.3 is 5.11 Å². The summed E-state index contributed by atoms with van der Waals surface area (Å²) in [5.74, 6) is 0.420. The molecule has 3 atom stereocenters. The molecule has 66 valence electrons. The summed E-state index contributed by atoms with van der Waals surface area (Å²) in [5.41, 5.74) is 0.210. The maximum atomic E-state index is 11.4. The fourth-order valence-corrected chi connectivity index (χ4v) is 2.51. The maximum Gasteiger partial charge on any atom is 0.139 e. The van der Waals surface area contributed by atoms with Crippen LogP contribution in [0.1, 0.15) is 26.7 Å². The average Bonchev–Trinajstić information content (AvgIpc) is 2.38. The lowest BCUT2D eigenvalue weighted by molar-refractivity contribution is -0.121. The Morgan fingerprint density at radius 2 is 2.33 bits per heavy atom. The van der Waals surface area contributed by atoms with E-state index in [0.717, 1.165) is 12.0 Å². The first-order chi connectivity index (χ1) is 5.55. The van der Waals surface area contributed by atoms with Crippen molar-refractivity contribution in [3.8, 4) is 0 Å². The van der Waals surface area contributed by atoms with Gasteiger partial charge in [0.25, 0.3) is 0 Å². The second-order valence-electron chi connectivity index (χ2n) is 4.09. The van der Waals surface area contributed by atoms with E-state index >= 15 is 0 Å². The summed E-state index contributed by atoms with van der Waals surface area (Å²) in [6.07, 6.45) is 3.27. The van der Waals surface area contributed by atoms with Gasteiger partial charge in [-0.2, -0.15) is 0 Å². The molecule has 0 aromatic rings. The van der Waals surface area contributed by atoms with Crippen molar-refractivity contribution in [2.75, 3.05) is 0 Å². The van der Waals surface area contributed by atoms with Crippen LogP contribution >= 0.6 is 0 Å². The van der Waals surface area contributed by atoms with Crippen LogP contribution in [-0.2, 0) is 4.79 Å². The van der Waals surface area contributed by atoms with Crippen molar-refractivity contribution < 1.29 is 9.90 Å². The van der Waals surface area contributed by atoms with E-state index in [2.05, 4.69) is 6.08 Å². The summed E-state index contributed by atoms with van der Waals surface area (Å²) in [7, 11) is 0. The van der Waals surface area contributed by atoms with Gasteiger partial charge in [0.15, 0.2) is 0 Å². The van der Waals surface area contributed by atoms with Crippen LogP contribution in [0.5, 0.6) is 0 Å². The van der Waals surface area contributed by atoms with Crippen LogP contribution in [-0.4, -0.2) is 16.5 Å². The van der Waals surface area contributed by atoms with Gasteiger partial charge >= 0.3 is 0 Å². The molecule has 0 aromatic carbocycles. The molecule has 1 fully saturated rings. The van der Waals surface area contributed by atoms with E-state index in [-0.39, 0.29) is 17.6 Å². The Balaban J connectivity index is 2.37. The van der Waals surface area contributed by atoms with Gasteiger partial charge in [0, 0.05) is 18.3 Å². The molecule has 0 heterocycles. The minimum atomic E-state index is -0.781. The molecule has 0 aliphatic heterocycles. The Kier molecular flexibility index (Phi) is 1.46. The number of carbonyl (C=O) groups is 1. The standard InChI is InChI=1S/C10H14O2/c1-6-3-4-8-7(2)9(11)5-10(6,8)12/h3,7-8,12H,4-5H2,1-2H3/t7-,8+,10-/m1/s1. The molecule has 2 rings (SSSR count). The first-order valence-electron chi connectivity index (χ1n) is 4.48. The number of Topliss-reactive ketones (excluding diaryl/α,β-unsaturated/α-hetero) is 1. The van der Waals surface area contributed by atoms with Gasteiger partial charge in [-0.1, -0.05) is 13.0 Å². The quantitative estimate of drug-likeness (QED) is 0.551. The number of rotatable bonds is 0. The summed E-state index contributed by atoms with van der Waals surface area (Å²) < 4.78 is 0. The lowest BCUT2D eigenvalue weighted by atomic mass is 9.86. The molecule has 2 nitrogen and oxygen atoms in total. The molecule has 1 saturated carbocycles. The predicted octanol–water partition coefficient (Wildman–Crippen LogP) is 1.29. The van der Waals surface area contributed by atoms with Gasteiger partial charge in [0.05, 0.1) is 5.60 Å². The van der Waals surface area contributed by atoms with Crippen LogP contribution in [0.2, 0.25) is 0 Å². The summed E-state index contributed by atoms with van der Waals surface area (Å²) >= 11 is 0. The van der Waals surface area contributed by atoms with Crippen molar-refractivity contribution in [3.05, 3.63) is 11.6 Å². The third-order valence-electron chi connectivity index (χ3n) is 3.53. The topological polar surface area (TPSA) is 37.3 Å². The number of allylic oxidation sites excluding steroid dienone is 1. The Hall–Kier alpha value is -0.630. The SMILES string of the molecule is CC1=CC[C@H]2[C@@H](C)C(=O)C[C@@]12O. The Morgan fingerprint density at radius 3 is 2.92 bits per heavy atom. The van der Waals surface area contributed by atoms with E-state index in [1.54, 1.807) is 0 Å². The molecular weight excluding hydrogens is 152 g/mol. The number of aliphatic hydroxyl groups is 1. The van der Waals surface area contributed by atoms with E-state index in [9.17, 15) is 9.90 Å². The van der Waals surface area contributed by atoms with Gasteiger partial charge in [-0.15, -0.1) is 0 Å². The largest absolute Gasteiger partial charge is 0.385 e. The molecule has 0 aromatic heterocycles. The molecule has 2 aliphatic carbocycles. The van der Waals surface area contributed by atoms with Crippen molar-refractivity contribution in [2.24, 2.45) is 11.8 Å². The molecule has 0 radical (unpaired) electrons. The second-order valence-corrected chi connectivity index (χ2v) is 4.09. The van der Waals surface area contributed by atoms with E-state index < -0.39 is 5.60 Å². The molecule has 0 amide bonds. The number of carbonyl (C=O) groups excluding carboxylic acids is 1. The third-order valence-corrected chi connectivity index (χ3v) is 3.53. The van der Waals surface area contributed by atoms with Gasteiger partial charge in [-0.3, -0.25) is 4.79 Å². The molecule has 0 spiro atoms. The summed E-state index contributed by atoms with van der Waals surface area (Å²) in [4.78, 5) is 11.4. The predicted molar refractivity (Wildman–Crippen MR) is 45.6 cm³/mol. The number of ketones is 1. The molecule has 0 unspecified atom stereocenters. The fraction of sp³-hybridized carbons (Fsp3) is 0.700. The van der Waals surface area contributed by atoms with Crippen LogP contribution in [0.4, 0.5) is 0 Å².